The lowest BCUT2D eigenvalue weighted by Crippen LogP contribution is -2.65. The quantitative estimate of drug-likeness (QED) is 0.740. The number of nitrogens with one attached hydrogen (secondary N) is 2. The second kappa shape index (κ2) is 7.33. The Morgan fingerprint density at radius 2 is 1.64 bits per heavy atom. The van der Waals surface area contributed by atoms with Gasteiger partial charge in [0.05, 0.1) is 5.54 Å². The number of hydrogen-bond donors (Lipinski definition) is 2. The van der Waals surface area contributed by atoms with Crippen LogP contribution < -0.4 is 15.7 Å². The summed E-state index contributed by atoms with van der Waals surface area (Å²) in [4.78, 5) is 33.7. The molecule has 2 aromatic rings. The molecule has 2 N–H and O–H groups in total. The molecule has 1 aliphatic heterocycles. The Labute approximate surface area is 169 Å². The first kappa shape index (κ1) is 20.0. The van der Waals surface area contributed by atoms with Crippen LogP contribution in [0.3, 0.4) is 0 Å². The molecule has 1 fully saturated rings. The van der Waals surface area contributed by atoms with E-state index >= 15 is 0 Å². The molecule has 0 aromatic heterocycles. The topological polar surface area (TPSA) is 73.9 Å². The first-order valence-corrected chi connectivity index (χ1v) is 9.18. The monoisotopic (exact) mass is 402 g/mol. The molecule has 0 spiro atoms. The Morgan fingerprint density at radius 3 is 2.25 bits per heavy atom. The molecular weight excluding hydrogens is 380 g/mol. The van der Waals surface area contributed by atoms with E-state index in [0.29, 0.717) is 16.4 Å². The van der Waals surface area contributed by atoms with Gasteiger partial charge in [-0.15, -0.1) is 5.48 Å². The van der Waals surface area contributed by atoms with Crippen molar-refractivity contribution in [2.75, 3.05) is 17.3 Å². The lowest BCUT2D eigenvalue weighted by molar-refractivity contribution is 0.00468. The maximum absolute atomic E-state index is 12.9. The highest BCUT2D eigenvalue weighted by atomic mass is 35.5. The number of hydrogen-bond acceptors (Lipinski definition) is 4. The molecule has 1 atom stereocenters. The standard InChI is InChI=1S/C20H23ClN4O3/c1-19(2)20(3,23-28-17(26)22-15-12-10-14(21)11-13-15)25(18(27)24(19)4)16-8-6-5-7-9-16/h5-13,23H,1-4H3,(H,22,26). The fourth-order valence-corrected chi connectivity index (χ4v) is 3.25. The predicted octanol–water partition coefficient (Wildman–Crippen LogP) is 4.46. The summed E-state index contributed by atoms with van der Waals surface area (Å²) in [6.07, 6.45) is -0.700. The molecule has 28 heavy (non-hydrogen) atoms. The van der Waals surface area contributed by atoms with Crippen LogP contribution in [0.4, 0.5) is 21.0 Å². The Morgan fingerprint density at radius 1 is 1.04 bits per heavy atom. The predicted molar refractivity (Wildman–Crippen MR) is 109 cm³/mol. The normalized spacial score (nSPS) is 21.0. The van der Waals surface area contributed by atoms with Crippen molar-refractivity contribution in [3.05, 3.63) is 59.6 Å². The molecule has 7 nitrogen and oxygen atoms in total. The molecule has 8 heteroatoms. The van der Waals surface area contributed by atoms with Crippen LogP contribution in [0, 0.1) is 0 Å². The van der Waals surface area contributed by atoms with Crippen LogP contribution in [0.2, 0.25) is 5.02 Å². The third-order valence-electron chi connectivity index (χ3n) is 5.40. The van der Waals surface area contributed by atoms with E-state index in [0.717, 1.165) is 0 Å². The van der Waals surface area contributed by atoms with Gasteiger partial charge >= 0.3 is 12.1 Å². The highest BCUT2D eigenvalue weighted by molar-refractivity contribution is 6.30. The van der Waals surface area contributed by atoms with Crippen LogP contribution >= 0.6 is 11.6 Å². The van der Waals surface area contributed by atoms with E-state index in [-0.39, 0.29) is 6.03 Å². The number of carbonyl (C=O) groups excluding carboxylic acids is 2. The van der Waals surface area contributed by atoms with Crippen molar-refractivity contribution in [1.82, 2.24) is 10.4 Å². The first-order chi connectivity index (χ1) is 13.2. The average molecular weight is 403 g/mol. The number of benzene rings is 2. The molecule has 1 unspecified atom stereocenters. The van der Waals surface area contributed by atoms with Crippen LogP contribution in [-0.2, 0) is 4.84 Å². The van der Waals surface area contributed by atoms with Gasteiger partial charge in [-0.05, 0) is 57.2 Å². The van der Waals surface area contributed by atoms with Gasteiger partial charge in [-0.1, -0.05) is 29.8 Å². The van der Waals surface area contributed by atoms with Crippen LogP contribution in [0.5, 0.6) is 0 Å². The molecule has 0 aliphatic carbocycles. The van der Waals surface area contributed by atoms with Gasteiger partial charge in [-0.25, -0.2) is 9.59 Å². The van der Waals surface area contributed by atoms with Crippen molar-refractivity contribution in [3.8, 4) is 0 Å². The number of halogens is 1. The maximum atomic E-state index is 12.9. The molecule has 1 aliphatic rings. The minimum absolute atomic E-state index is 0.201. The van der Waals surface area contributed by atoms with Crippen LogP contribution in [0.15, 0.2) is 54.6 Å². The van der Waals surface area contributed by atoms with Crippen molar-refractivity contribution in [3.63, 3.8) is 0 Å². The van der Waals surface area contributed by atoms with Gasteiger partial charge in [0.2, 0.25) is 0 Å². The van der Waals surface area contributed by atoms with Crippen molar-refractivity contribution in [2.45, 2.75) is 32.0 Å². The molecule has 1 saturated heterocycles. The van der Waals surface area contributed by atoms with Crippen LogP contribution in [0.1, 0.15) is 20.8 Å². The Balaban J connectivity index is 1.81. The summed E-state index contributed by atoms with van der Waals surface area (Å²) in [5.41, 5.74) is 2.36. The van der Waals surface area contributed by atoms with Gasteiger partial charge in [0.25, 0.3) is 0 Å². The fraction of sp³-hybridized carbons (Fsp3) is 0.300. The number of rotatable bonds is 4. The zero-order valence-corrected chi connectivity index (χ0v) is 16.9. The van der Waals surface area contributed by atoms with Crippen molar-refractivity contribution >= 4 is 35.1 Å². The minimum atomic E-state index is -1.02. The highest BCUT2D eigenvalue weighted by Crippen LogP contribution is 2.41. The number of hydroxylamine groups is 1. The smallest absolute Gasteiger partial charge is 0.351 e. The summed E-state index contributed by atoms with van der Waals surface area (Å²) in [5, 5.41) is 3.18. The summed E-state index contributed by atoms with van der Waals surface area (Å²) in [6.45, 7) is 5.62. The molecule has 148 valence electrons. The Hall–Kier alpha value is -2.77. The molecular formula is C20H23ClN4O3. The fourth-order valence-electron chi connectivity index (χ4n) is 3.12. The number of carbonyl (C=O) groups is 2. The second-order valence-electron chi connectivity index (χ2n) is 7.27. The Bertz CT molecular complexity index is 873. The molecule has 0 bridgehead atoms. The number of para-hydroxylation sites is 1. The van der Waals surface area contributed by atoms with E-state index < -0.39 is 17.3 Å². The number of amides is 3. The van der Waals surface area contributed by atoms with Crippen molar-refractivity contribution in [2.24, 2.45) is 0 Å². The van der Waals surface area contributed by atoms with Gasteiger partial charge in [0, 0.05) is 23.4 Å². The van der Waals surface area contributed by atoms with Gasteiger partial charge < -0.3 is 9.74 Å². The van der Waals surface area contributed by atoms with Crippen molar-refractivity contribution < 1.29 is 14.4 Å². The number of anilines is 2. The number of nitrogens with zero attached hydrogens (tertiary/aromatic N) is 2. The van der Waals surface area contributed by atoms with Gasteiger partial charge in [-0.2, -0.15) is 0 Å². The van der Waals surface area contributed by atoms with Gasteiger partial charge in [0.15, 0.2) is 5.66 Å². The Kier molecular flexibility index (Phi) is 5.23. The average Bonchev–Trinajstić information content (AvgIpc) is 2.80. The minimum Gasteiger partial charge on any atom is -0.351 e. The van der Waals surface area contributed by atoms with E-state index in [4.69, 9.17) is 16.4 Å². The van der Waals surface area contributed by atoms with Crippen molar-refractivity contribution in [1.29, 1.82) is 0 Å². The third kappa shape index (κ3) is 3.39. The molecule has 3 rings (SSSR count). The van der Waals surface area contributed by atoms with E-state index in [2.05, 4.69) is 10.8 Å². The summed E-state index contributed by atoms with van der Waals surface area (Å²) in [5.74, 6) is 0. The summed E-state index contributed by atoms with van der Waals surface area (Å²) < 4.78 is 0. The molecule has 2 aromatic carbocycles. The van der Waals surface area contributed by atoms with Crippen LogP contribution in [-0.4, -0.2) is 35.3 Å². The number of likely N-dealkylation sites (N-methyl/N-ethyl adjacent to an activating group) is 1. The van der Waals surface area contributed by atoms with E-state index in [9.17, 15) is 9.59 Å². The molecule has 0 radical (unpaired) electrons. The highest BCUT2D eigenvalue weighted by Gasteiger charge is 2.60. The second-order valence-corrected chi connectivity index (χ2v) is 7.70. The first-order valence-electron chi connectivity index (χ1n) is 8.80. The largest absolute Gasteiger partial charge is 0.430 e. The van der Waals surface area contributed by atoms with Gasteiger partial charge in [0.1, 0.15) is 0 Å². The maximum Gasteiger partial charge on any atom is 0.430 e. The lowest BCUT2D eigenvalue weighted by atomic mass is 9.89. The third-order valence-corrected chi connectivity index (χ3v) is 5.65. The van der Waals surface area contributed by atoms with Crippen LogP contribution in [0.25, 0.3) is 0 Å². The number of urea groups is 1. The summed E-state index contributed by atoms with van der Waals surface area (Å²) >= 11 is 5.85. The van der Waals surface area contributed by atoms with Gasteiger partial charge in [-0.3, -0.25) is 10.2 Å². The SMILES string of the molecule is CN1C(=O)N(c2ccccc2)C(C)(NOC(=O)Nc2ccc(Cl)cc2)C1(C)C. The zero-order chi connectivity index (χ0) is 20.5. The van der Waals surface area contributed by atoms with E-state index in [1.165, 1.54) is 0 Å². The van der Waals surface area contributed by atoms with E-state index in [1.807, 2.05) is 51.1 Å². The zero-order valence-electron chi connectivity index (χ0n) is 16.2. The molecule has 3 amide bonds. The summed E-state index contributed by atoms with van der Waals surface area (Å²) in [7, 11) is 1.72. The lowest BCUT2D eigenvalue weighted by Gasteiger charge is -2.42. The van der Waals surface area contributed by atoms with E-state index in [1.54, 1.807) is 41.1 Å². The summed E-state index contributed by atoms with van der Waals surface area (Å²) in [6, 6.07) is 15.7. The molecule has 0 saturated carbocycles. The molecule has 1 heterocycles.